The fraction of sp³-hybridized carbons (Fsp3) is 0.286. The molecular formula is C28H29N3O3. The van der Waals surface area contributed by atoms with Gasteiger partial charge in [-0.2, -0.15) is 0 Å². The van der Waals surface area contributed by atoms with E-state index in [0.717, 1.165) is 35.4 Å². The molecule has 1 amide bonds. The zero-order valence-electron chi connectivity index (χ0n) is 19.8. The van der Waals surface area contributed by atoms with E-state index in [0.29, 0.717) is 24.5 Å². The van der Waals surface area contributed by atoms with Crippen LogP contribution in [0.15, 0.2) is 67.0 Å². The molecule has 6 heteroatoms. The molecule has 0 saturated carbocycles. The lowest BCUT2D eigenvalue weighted by molar-refractivity contribution is -0.132. The fourth-order valence-corrected chi connectivity index (χ4v) is 4.80. The quantitative estimate of drug-likeness (QED) is 0.420. The Kier molecular flexibility index (Phi) is 5.97. The molecule has 2 aromatic carbocycles. The predicted octanol–water partition coefficient (Wildman–Crippen LogP) is 4.77. The topological polar surface area (TPSA) is 56.1 Å². The third kappa shape index (κ3) is 4.23. The number of fused-ring (bicyclic) bond motifs is 2. The van der Waals surface area contributed by atoms with Gasteiger partial charge in [0.1, 0.15) is 17.1 Å². The van der Waals surface area contributed by atoms with Crippen molar-refractivity contribution in [3.63, 3.8) is 0 Å². The number of carbonyl (C=O) groups is 1. The van der Waals surface area contributed by atoms with Crippen LogP contribution in [0.3, 0.4) is 0 Å². The van der Waals surface area contributed by atoms with Gasteiger partial charge >= 0.3 is 0 Å². The first-order chi connectivity index (χ1) is 16.6. The lowest BCUT2D eigenvalue weighted by atomic mass is 9.91. The molecule has 0 N–H and O–H groups in total. The molecule has 1 unspecified atom stereocenters. The van der Waals surface area contributed by atoms with Crippen molar-refractivity contribution < 1.29 is 14.3 Å². The summed E-state index contributed by atoms with van der Waals surface area (Å²) in [7, 11) is 3.28. The second-order valence-corrected chi connectivity index (χ2v) is 8.85. The van der Waals surface area contributed by atoms with Crippen molar-refractivity contribution in [1.82, 2.24) is 14.3 Å². The summed E-state index contributed by atoms with van der Waals surface area (Å²) in [4.78, 5) is 20.2. The van der Waals surface area contributed by atoms with Gasteiger partial charge in [-0.3, -0.25) is 4.79 Å². The summed E-state index contributed by atoms with van der Waals surface area (Å²) >= 11 is 0. The summed E-state index contributed by atoms with van der Waals surface area (Å²) in [6.45, 7) is 3.43. The summed E-state index contributed by atoms with van der Waals surface area (Å²) in [5.41, 5.74) is 6.51. The Morgan fingerprint density at radius 2 is 1.76 bits per heavy atom. The van der Waals surface area contributed by atoms with Gasteiger partial charge in [-0.15, -0.1) is 0 Å². The lowest BCUT2D eigenvalue weighted by Crippen LogP contribution is -2.36. The van der Waals surface area contributed by atoms with E-state index in [4.69, 9.17) is 9.47 Å². The molecule has 0 fully saturated rings. The van der Waals surface area contributed by atoms with Crippen LogP contribution in [0.2, 0.25) is 0 Å². The van der Waals surface area contributed by atoms with Crippen LogP contribution in [0.25, 0.3) is 5.65 Å². The largest absolute Gasteiger partial charge is 0.497 e. The van der Waals surface area contributed by atoms with Gasteiger partial charge in [0.25, 0.3) is 0 Å². The van der Waals surface area contributed by atoms with Crippen LogP contribution in [0, 0.1) is 6.92 Å². The second kappa shape index (κ2) is 9.21. The van der Waals surface area contributed by atoms with E-state index >= 15 is 0 Å². The van der Waals surface area contributed by atoms with E-state index in [1.165, 1.54) is 11.1 Å². The lowest BCUT2D eigenvalue weighted by Gasteiger charge is -2.30. The Labute approximate surface area is 199 Å². The molecule has 6 nitrogen and oxygen atoms in total. The monoisotopic (exact) mass is 455 g/mol. The molecule has 1 aliphatic heterocycles. The maximum absolute atomic E-state index is 13.6. The van der Waals surface area contributed by atoms with E-state index in [2.05, 4.69) is 46.6 Å². The summed E-state index contributed by atoms with van der Waals surface area (Å²) in [6.07, 6.45) is 5.12. The molecule has 34 heavy (non-hydrogen) atoms. The van der Waals surface area contributed by atoms with Gasteiger partial charge in [0.15, 0.2) is 0 Å². The van der Waals surface area contributed by atoms with Crippen molar-refractivity contribution in [1.29, 1.82) is 0 Å². The van der Waals surface area contributed by atoms with E-state index in [-0.39, 0.29) is 11.8 Å². The Morgan fingerprint density at radius 1 is 1.03 bits per heavy atom. The Morgan fingerprint density at radius 3 is 2.50 bits per heavy atom. The first-order valence-corrected chi connectivity index (χ1v) is 11.6. The minimum atomic E-state index is -0.202. The van der Waals surface area contributed by atoms with E-state index in [9.17, 15) is 4.79 Å². The zero-order chi connectivity index (χ0) is 23.7. The first kappa shape index (κ1) is 22.0. The standard InChI is InChI=1S/C28H29N3O3/c1-19-8-11-31-26(17-29-27(31)12-19)25(22-13-23(33-2)15-24(14-22)34-3)16-28(32)30-10-9-20-6-4-5-7-21(20)18-30/h4-8,11-15,17,25H,9-10,16,18H2,1-3H3. The average Bonchev–Trinajstić information content (AvgIpc) is 3.29. The van der Waals surface area contributed by atoms with Crippen LogP contribution < -0.4 is 9.47 Å². The van der Waals surface area contributed by atoms with Gasteiger partial charge in [0.05, 0.1) is 19.9 Å². The number of aryl methyl sites for hydroxylation is 1. The van der Waals surface area contributed by atoms with E-state index in [1.807, 2.05) is 41.6 Å². The fourth-order valence-electron chi connectivity index (χ4n) is 4.80. The highest BCUT2D eigenvalue weighted by Gasteiger charge is 2.27. The maximum Gasteiger partial charge on any atom is 0.223 e. The predicted molar refractivity (Wildman–Crippen MR) is 131 cm³/mol. The van der Waals surface area contributed by atoms with Gasteiger partial charge in [-0.25, -0.2) is 4.98 Å². The van der Waals surface area contributed by atoms with Gasteiger partial charge in [-0.05, 0) is 59.9 Å². The number of rotatable bonds is 6. The number of carbonyl (C=O) groups excluding carboxylic acids is 1. The number of methoxy groups -OCH3 is 2. The molecule has 0 bridgehead atoms. The van der Waals surface area contributed by atoms with Gasteiger partial charge in [0.2, 0.25) is 5.91 Å². The SMILES string of the molecule is COc1cc(OC)cc(C(CC(=O)N2CCc3ccccc3C2)c2cnc3cc(C)ccn23)c1. The molecule has 3 heterocycles. The van der Waals surface area contributed by atoms with Gasteiger partial charge < -0.3 is 18.8 Å². The Hall–Kier alpha value is -3.80. The van der Waals surface area contributed by atoms with Crippen LogP contribution in [-0.4, -0.2) is 41.0 Å². The van der Waals surface area contributed by atoms with Gasteiger partial charge in [0, 0.05) is 43.9 Å². The van der Waals surface area contributed by atoms with Crippen LogP contribution >= 0.6 is 0 Å². The number of benzene rings is 2. The molecule has 1 atom stereocenters. The molecule has 1 aliphatic rings. The van der Waals surface area contributed by atoms with Gasteiger partial charge in [-0.1, -0.05) is 24.3 Å². The van der Waals surface area contributed by atoms with Crippen molar-refractivity contribution in [3.05, 3.63) is 94.9 Å². The minimum absolute atomic E-state index is 0.128. The smallest absolute Gasteiger partial charge is 0.223 e. The van der Waals surface area contributed by atoms with Crippen molar-refractivity contribution in [2.75, 3.05) is 20.8 Å². The Bertz CT molecular complexity index is 1320. The summed E-state index contributed by atoms with van der Waals surface area (Å²) in [5.74, 6) is 1.32. The van der Waals surface area contributed by atoms with Crippen molar-refractivity contribution in [3.8, 4) is 11.5 Å². The normalized spacial score (nSPS) is 14.0. The molecule has 5 rings (SSSR count). The summed E-state index contributed by atoms with van der Waals surface area (Å²) < 4.78 is 13.1. The highest BCUT2D eigenvalue weighted by molar-refractivity contribution is 5.78. The summed E-state index contributed by atoms with van der Waals surface area (Å²) in [6, 6.07) is 18.3. The maximum atomic E-state index is 13.6. The number of amides is 1. The third-order valence-corrected chi connectivity index (χ3v) is 6.69. The highest BCUT2D eigenvalue weighted by Crippen LogP contribution is 2.35. The number of hydrogen-bond acceptors (Lipinski definition) is 4. The number of nitrogens with zero attached hydrogens (tertiary/aromatic N) is 3. The van der Waals surface area contributed by atoms with Crippen molar-refractivity contribution in [2.45, 2.75) is 32.2 Å². The van der Waals surface area contributed by atoms with Crippen LogP contribution in [0.1, 0.15) is 40.3 Å². The molecule has 4 aromatic rings. The van der Waals surface area contributed by atoms with Crippen molar-refractivity contribution >= 4 is 11.6 Å². The number of hydrogen-bond donors (Lipinski definition) is 0. The van der Waals surface area contributed by atoms with Crippen LogP contribution in [-0.2, 0) is 17.8 Å². The molecule has 0 radical (unpaired) electrons. The van der Waals surface area contributed by atoms with E-state index in [1.54, 1.807) is 14.2 Å². The number of aromatic nitrogens is 2. The molecule has 0 saturated heterocycles. The number of imidazole rings is 1. The van der Waals surface area contributed by atoms with Crippen molar-refractivity contribution in [2.24, 2.45) is 0 Å². The summed E-state index contributed by atoms with van der Waals surface area (Å²) in [5, 5.41) is 0. The van der Waals surface area contributed by atoms with Crippen LogP contribution in [0.4, 0.5) is 0 Å². The zero-order valence-corrected chi connectivity index (χ0v) is 19.8. The molecule has 2 aromatic heterocycles. The molecule has 0 aliphatic carbocycles. The van der Waals surface area contributed by atoms with E-state index < -0.39 is 0 Å². The second-order valence-electron chi connectivity index (χ2n) is 8.85. The molecule has 0 spiro atoms. The first-order valence-electron chi connectivity index (χ1n) is 11.6. The minimum Gasteiger partial charge on any atom is -0.497 e. The number of pyridine rings is 1. The average molecular weight is 456 g/mol. The third-order valence-electron chi connectivity index (χ3n) is 6.69. The molecular weight excluding hydrogens is 426 g/mol. The highest BCUT2D eigenvalue weighted by atomic mass is 16.5. The molecule has 174 valence electrons. The number of ether oxygens (including phenoxy) is 2. The van der Waals surface area contributed by atoms with Crippen LogP contribution in [0.5, 0.6) is 11.5 Å². The Balaban J connectivity index is 1.53.